The molecule has 0 spiro atoms. The average Bonchev–Trinajstić information content (AvgIpc) is 2.85. The topological polar surface area (TPSA) is 105 Å². The van der Waals surface area contributed by atoms with Crippen LogP contribution in [0.3, 0.4) is 0 Å². The van der Waals surface area contributed by atoms with Crippen molar-refractivity contribution in [1.82, 2.24) is 10.2 Å². The summed E-state index contributed by atoms with van der Waals surface area (Å²) in [5.41, 5.74) is 1.85. The van der Waals surface area contributed by atoms with Gasteiger partial charge in [0.25, 0.3) is 0 Å². The van der Waals surface area contributed by atoms with Crippen LogP contribution in [0.15, 0.2) is 42.5 Å². The standard InChI is InChI=1S/C26H37N3O6S/c1-7-8-15-27-26(31)20(3)28(17-21-10-12-22(34-4)13-11-21)25(30)18-29(36(6,32)33)23-16-19(2)9-14-24(23)35-5/h9-14,16,20H,7-8,15,17-18H2,1-6H3,(H,27,31)/t20-/m0/s1. The van der Waals surface area contributed by atoms with E-state index < -0.39 is 28.5 Å². The molecule has 1 atom stereocenters. The molecule has 0 unspecified atom stereocenters. The van der Waals surface area contributed by atoms with Gasteiger partial charge in [0.05, 0.1) is 26.2 Å². The minimum Gasteiger partial charge on any atom is -0.497 e. The van der Waals surface area contributed by atoms with Crippen molar-refractivity contribution in [2.24, 2.45) is 0 Å². The van der Waals surface area contributed by atoms with Gasteiger partial charge in [-0.1, -0.05) is 31.5 Å². The van der Waals surface area contributed by atoms with Gasteiger partial charge in [0.15, 0.2) is 0 Å². The molecule has 198 valence electrons. The van der Waals surface area contributed by atoms with Crippen LogP contribution in [-0.4, -0.2) is 64.7 Å². The maximum absolute atomic E-state index is 13.6. The van der Waals surface area contributed by atoms with Crippen molar-refractivity contribution in [2.75, 3.05) is 37.9 Å². The minimum absolute atomic E-state index is 0.119. The van der Waals surface area contributed by atoms with Crippen molar-refractivity contribution >= 4 is 27.5 Å². The first kappa shape index (κ1) is 29.0. The Kier molecular flexibility index (Phi) is 10.6. The zero-order valence-electron chi connectivity index (χ0n) is 21.9. The van der Waals surface area contributed by atoms with Crippen molar-refractivity contribution < 1.29 is 27.5 Å². The SMILES string of the molecule is CCCCNC(=O)[C@H](C)N(Cc1ccc(OC)cc1)C(=O)CN(c1cc(C)ccc1OC)S(C)(=O)=O. The Bertz CT molecular complexity index is 1130. The van der Waals surface area contributed by atoms with Crippen molar-refractivity contribution in [3.63, 3.8) is 0 Å². The van der Waals surface area contributed by atoms with Crippen LogP contribution in [0.25, 0.3) is 0 Å². The van der Waals surface area contributed by atoms with Crippen LogP contribution in [0.2, 0.25) is 0 Å². The quantitative estimate of drug-likeness (QED) is 0.408. The molecule has 0 aliphatic heterocycles. The number of methoxy groups -OCH3 is 2. The molecule has 0 aliphatic rings. The molecule has 0 fully saturated rings. The molecule has 2 amide bonds. The Balaban J connectivity index is 2.41. The summed E-state index contributed by atoms with van der Waals surface area (Å²) in [5, 5.41) is 2.86. The fourth-order valence-electron chi connectivity index (χ4n) is 3.64. The highest BCUT2D eigenvalue weighted by atomic mass is 32.2. The summed E-state index contributed by atoms with van der Waals surface area (Å²) in [4.78, 5) is 27.9. The van der Waals surface area contributed by atoms with Gasteiger partial charge in [0, 0.05) is 13.1 Å². The van der Waals surface area contributed by atoms with E-state index in [0.717, 1.165) is 34.5 Å². The zero-order valence-corrected chi connectivity index (χ0v) is 22.7. The van der Waals surface area contributed by atoms with Crippen LogP contribution in [0.5, 0.6) is 11.5 Å². The first-order valence-electron chi connectivity index (χ1n) is 11.8. The van der Waals surface area contributed by atoms with Crippen LogP contribution in [0.1, 0.15) is 37.8 Å². The second-order valence-corrected chi connectivity index (χ2v) is 10.5. The second-order valence-electron chi connectivity index (χ2n) is 8.64. The first-order valence-corrected chi connectivity index (χ1v) is 13.7. The summed E-state index contributed by atoms with van der Waals surface area (Å²) in [6, 6.07) is 11.4. The largest absolute Gasteiger partial charge is 0.497 e. The van der Waals surface area contributed by atoms with E-state index in [1.165, 1.54) is 12.0 Å². The lowest BCUT2D eigenvalue weighted by atomic mass is 10.1. The number of rotatable bonds is 13. The zero-order chi connectivity index (χ0) is 26.9. The Morgan fingerprint density at radius 2 is 1.72 bits per heavy atom. The Morgan fingerprint density at radius 1 is 1.06 bits per heavy atom. The lowest BCUT2D eigenvalue weighted by molar-refractivity contribution is -0.139. The number of amides is 2. The molecule has 0 saturated heterocycles. The highest BCUT2D eigenvalue weighted by Crippen LogP contribution is 2.31. The molecule has 1 N–H and O–H groups in total. The minimum atomic E-state index is -3.85. The normalized spacial score (nSPS) is 11.9. The summed E-state index contributed by atoms with van der Waals surface area (Å²) in [7, 11) is -0.851. The molecule has 36 heavy (non-hydrogen) atoms. The van der Waals surface area contributed by atoms with E-state index in [4.69, 9.17) is 9.47 Å². The van der Waals surface area contributed by atoms with Crippen LogP contribution in [0, 0.1) is 6.92 Å². The fourth-order valence-corrected chi connectivity index (χ4v) is 4.48. The predicted molar refractivity (Wildman–Crippen MR) is 141 cm³/mol. The molecule has 10 heteroatoms. The third kappa shape index (κ3) is 7.87. The van der Waals surface area contributed by atoms with Crippen LogP contribution in [0.4, 0.5) is 5.69 Å². The number of carbonyl (C=O) groups excluding carboxylic acids is 2. The molecule has 2 aromatic carbocycles. The average molecular weight is 520 g/mol. The fraction of sp³-hybridized carbons (Fsp3) is 0.462. The number of benzene rings is 2. The molecule has 0 aromatic heterocycles. The molecule has 0 aliphatic carbocycles. The monoisotopic (exact) mass is 519 g/mol. The third-order valence-corrected chi connectivity index (χ3v) is 6.92. The van der Waals surface area contributed by atoms with Crippen molar-refractivity contribution in [3.8, 4) is 11.5 Å². The van der Waals surface area contributed by atoms with Gasteiger partial charge >= 0.3 is 0 Å². The number of nitrogens with zero attached hydrogens (tertiary/aromatic N) is 2. The molecule has 0 heterocycles. The van der Waals surface area contributed by atoms with E-state index in [9.17, 15) is 18.0 Å². The highest BCUT2D eigenvalue weighted by molar-refractivity contribution is 7.92. The van der Waals surface area contributed by atoms with E-state index >= 15 is 0 Å². The number of carbonyl (C=O) groups is 2. The molecular formula is C26H37N3O6S. The van der Waals surface area contributed by atoms with E-state index in [-0.39, 0.29) is 18.1 Å². The summed E-state index contributed by atoms with van der Waals surface area (Å²) >= 11 is 0. The summed E-state index contributed by atoms with van der Waals surface area (Å²) in [6.45, 7) is 5.62. The Hall–Kier alpha value is -3.27. The number of nitrogens with one attached hydrogen (secondary N) is 1. The highest BCUT2D eigenvalue weighted by Gasteiger charge is 2.31. The number of sulfonamides is 1. The molecule has 0 bridgehead atoms. The van der Waals surface area contributed by atoms with Gasteiger partial charge in [-0.25, -0.2) is 8.42 Å². The predicted octanol–water partition coefficient (Wildman–Crippen LogP) is 3.11. The molecule has 9 nitrogen and oxygen atoms in total. The van der Waals surface area contributed by atoms with Gasteiger partial charge in [-0.2, -0.15) is 0 Å². The lowest BCUT2D eigenvalue weighted by Crippen LogP contribution is -2.51. The number of hydrogen-bond donors (Lipinski definition) is 1. The molecule has 0 radical (unpaired) electrons. The molecule has 2 rings (SSSR count). The lowest BCUT2D eigenvalue weighted by Gasteiger charge is -2.32. The maximum atomic E-state index is 13.6. The molecule has 0 saturated carbocycles. The molecular weight excluding hydrogens is 482 g/mol. The third-order valence-electron chi connectivity index (χ3n) is 5.79. The van der Waals surface area contributed by atoms with Crippen LogP contribution >= 0.6 is 0 Å². The summed E-state index contributed by atoms with van der Waals surface area (Å²) in [6.07, 6.45) is 2.78. The Morgan fingerprint density at radius 3 is 2.28 bits per heavy atom. The van der Waals surface area contributed by atoms with Gasteiger partial charge in [-0.15, -0.1) is 0 Å². The van der Waals surface area contributed by atoms with Gasteiger partial charge in [-0.3, -0.25) is 13.9 Å². The van der Waals surface area contributed by atoms with Gasteiger partial charge in [-0.05, 0) is 55.7 Å². The van der Waals surface area contributed by atoms with E-state index in [0.29, 0.717) is 18.0 Å². The first-order chi connectivity index (χ1) is 17.0. The smallest absolute Gasteiger partial charge is 0.244 e. The molecule has 2 aromatic rings. The summed E-state index contributed by atoms with van der Waals surface area (Å²) < 4.78 is 37.2. The van der Waals surface area contributed by atoms with E-state index in [1.54, 1.807) is 56.5 Å². The van der Waals surface area contributed by atoms with Crippen LogP contribution in [-0.2, 0) is 26.2 Å². The van der Waals surface area contributed by atoms with E-state index in [1.807, 2.05) is 13.8 Å². The van der Waals surface area contributed by atoms with Gasteiger partial charge < -0.3 is 19.7 Å². The van der Waals surface area contributed by atoms with Crippen molar-refractivity contribution in [3.05, 3.63) is 53.6 Å². The maximum Gasteiger partial charge on any atom is 0.244 e. The Labute approximate surface area is 214 Å². The number of ether oxygens (including phenoxy) is 2. The number of hydrogen-bond acceptors (Lipinski definition) is 6. The second kappa shape index (κ2) is 13.2. The number of aryl methyl sites for hydroxylation is 1. The number of anilines is 1. The summed E-state index contributed by atoms with van der Waals surface area (Å²) in [5.74, 6) is 0.171. The van der Waals surface area contributed by atoms with Crippen molar-refractivity contribution in [2.45, 2.75) is 46.2 Å². The van der Waals surface area contributed by atoms with Gasteiger partial charge in [0.2, 0.25) is 21.8 Å². The van der Waals surface area contributed by atoms with Crippen LogP contribution < -0.4 is 19.1 Å². The number of unbranched alkanes of at least 4 members (excludes halogenated alkanes) is 1. The van der Waals surface area contributed by atoms with Gasteiger partial charge in [0.1, 0.15) is 24.1 Å². The van der Waals surface area contributed by atoms with E-state index in [2.05, 4.69) is 5.32 Å². The van der Waals surface area contributed by atoms with Crippen molar-refractivity contribution in [1.29, 1.82) is 0 Å².